The third kappa shape index (κ3) is 2.72. The van der Waals surface area contributed by atoms with Crippen molar-refractivity contribution < 1.29 is 0 Å². The van der Waals surface area contributed by atoms with Crippen molar-refractivity contribution >= 4 is 18.3 Å². The van der Waals surface area contributed by atoms with Crippen LogP contribution in [0.3, 0.4) is 0 Å². The average Bonchev–Trinajstić information content (AvgIpc) is 2.30. The number of benzene rings is 1. The predicted octanol–water partition coefficient (Wildman–Crippen LogP) is 1.56. The van der Waals surface area contributed by atoms with Gasteiger partial charge in [-0.3, -0.25) is 0 Å². The third-order valence-electron chi connectivity index (χ3n) is 2.75. The highest BCUT2D eigenvalue weighted by Crippen LogP contribution is 2.22. The van der Waals surface area contributed by atoms with Crippen LogP contribution in [0.2, 0.25) is 0 Å². The minimum atomic E-state index is 0.674. The van der Waals surface area contributed by atoms with Crippen LogP contribution < -0.4 is 10.2 Å². The van der Waals surface area contributed by atoms with Crippen LogP contribution in [0.15, 0.2) is 23.1 Å². The monoisotopic (exact) mass is 232 g/mol. The number of rotatable bonds is 2. The minimum Gasteiger partial charge on any atom is -0.369 e. The van der Waals surface area contributed by atoms with E-state index in [9.17, 15) is 0 Å². The van der Waals surface area contributed by atoms with Crippen LogP contribution in [-0.2, 0) is 6.42 Å². The lowest BCUT2D eigenvalue weighted by Crippen LogP contribution is -2.43. The molecule has 0 aromatic heterocycles. The molecule has 1 saturated heterocycles. The molecule has 16 heavy (non-hydrogen) atoms. The second-order valence-corrected chi connectivity index (χ2v) is 4.49. The number of nitrogens with zero attached hydrogens (tertiary/aromatic N) is 1. The third-order valence-corrected chi connectivity index (χ3v) is 3.01. The van der Waals surface area contributed by atoms with Crippen molar-refractivity contribution in [3.05, 3.63) is 23.8 Å². The van der Waals surface area contributed by atoms with Crippen molar-refractivity contribution in [1.29, 1.82) is 0 Å². The first-order valence-electron chi connectivity index (χ1n) is 5.51. The van der Waals surface area contributed by atoms with E-state index in [-0.39, 0.29) is 0 Å². The number of hydrogen-bond donors (Lipinski definition) is 2. The van der Waals surface area contributed by atoms with Gasteiger partial charge in [0.1, 0.15) is 0 Å². The molecule has 3 heteroatoms. The van der Waals surface area contributed by atoms with E-state index in [2.05, 4.69) is 40.9 Å². The summed E-state index contributed by atoms with van der Waals surface area (Å²) in [6.07, 6.45) is 6.01. The van der Waals surface area contributed by atoms with Gasteiger partial charge >= 0.3 is 0 Å². The molecule has 1 heterocycles. The van der Waals surface area contributed by atoms with Gasteiger partial charge in [-0.15, -0.1) is 25.0 Å². The molecule has 1 aliphatic heterocycles. The van der Waals surface area contributed by atoms with E-state index in [1.165, 1.54) is 11.3 Å². The van der Waals surface area contributed by atoms with Crippen LogP contribution in [0.25, 0.3) is 0 Å². The summed E-state index contributed by atoms with van der Waals surface area (Å²) in [7, 11) is 0. The highest BCUT2D eigenvalue weighted by atomic mass is 32.1. The van der Waals surface area contributed by atoms with Gasteiger partial charge in [0.05, 0.1) is 0 Å². The van der Waals surface area contributed by atoms with Crippen LogP contribution in [0.5, 0.6) is 0 Å². The SMILES string of the molecule is C#CCc1cc(S)cc(N2CCNCC2)c1. The standard InChI is InChI=1S/C13H16N2S/c1-2-3-11-8-12(10-13(16)9-11)15-6-4-14-5-7-15/h1,8-10,14,16H,3-7H2. The Balaban J connectivity index is 2.22. The molecule has 1 N–H and O–H groups in total. The number of nitrogens with one attached hydrogen (secondary N) is 1. The normalized spacial score (nSPS) is 15.9. The molecule has 2 rings (SSSR count). The zero-order valence-corrected chi connectivity index (χ0v) is 10.1. The van der Waals surface area contributed by atoms with Crippen LogP contribution in [-0.4, -0.2) is 26.2 Å². The molecule has 0 unspecified atom stereocenters. The fraction of sp³-hybridized carbons (Fsp3) is 0.385. The summed E-state index contributed by atoms with van der Waals surface area (Å²) in [5.74, 6) is 2.68. The summed E-state index contributed by atoms with van der Waals surface area (Å²) < 4.78 is 0. The highest BCUT2D eigenvalue weighted by molar-refractivity contribution is 7.80. The van der Waals surface area contributed by atoms with Gasteiger partial charge in [0.2, 0.25) is 0 Å². The fourth-order valence-corrected chi connectivity index (χ4v) is 2.28. The predicted molar refractivity (Wildman–Crippen MR) is 71.3 cm³/mol. The first kappa shape index (κ1) is 11.4. The summed E-state index contributed by atoms with van der Waals surface area (Å²) in [5.41, 5.74) is 2.41. The number of thiol groups is 1. The van der Waals surface area contributed by atoms with E-state index in [0.29, 0.717) is 6.42 Å². The lowest BCUT2D eigenvalue weighted by molar-refractivity contribution is 0.589. The zero-order valence-electron chi connectivity index (χ0n) is 9.24. The van der Waals surface area contributed by atoms with Gasteiger partial charge in [-0.2, -0.15) is 0 Å². The van der Waals surface area contributed by atoms with Gasteiger partial charge in [-0.25, -0.2) is 0 Å². The smallest absolute Gasteiger partial charge is 0.0381 e. The van der Waals surface area contributed by atoms with Gasteiger partial charge in [0.25, 0.3) is 0 Å². The Labute approximate surface area is 102 Å². The van der Waals surface area contributed by atoms with E-state index in [0.717, 1.165) is 31.1 Å². The average molecular weight is 232 g/mol. The van der Waals surface area contributed by atoms with Crippen LogP contribution >= 0.6 is 12.6 Å². The van der Waals surface area contributed by atoms with Crippen molar-refractivity contribution in [2.45, 2.75) is 11.3 Å². The Kier molecular flexibility index (Phi) is 3.76. The van der Waals surface area contributed by atoms with Gasteiger partial charge in [0.15, 0.2) is 0 Å². The Morgan fingerprint density at radius 3 is 2.75 bits per heavy atom. The fourth-order valence-electron chi connectivity index (χ4n) is 1.98. The van der Waals surface area contributed by atoms with Gasteiger partial charge in [-0.05, 0) is 23.8 Å². The summed E-state index contributed by atoms with van der Waals surface area (Å²) >= 11 is 4.43. The highest BCUT2D eigenvalue weighted by Gasteiger charge is 2.11. The molecule has 0 atom stereocenters. The number of piperazine rings is 1. The molecule has 0 spiro atoms. The van der Waals surface area contributed by atoms with Gasteiger partial charge < -0.3 is 10.2 Å². The first-order valence-corrected chi connectivity index (χ1v) is 5.96. The van der Waals surface area contributed by atoms with Crippen molar-refractivity contribution in [2.75, 3.05) is 31.1 Å². The maximum atomic E-state index is 5.34. The Bertz CT molecular complexity index is 403. The van der Waals surface area contributed by atoms with E-state index in [1.54, 1.807) is 0 Å². The van der Waals surface area contributed by atoms with E-state index < -0.39 is 0 Å². The first-order chi connectivity index (χ1) is 7.79. The van der Waals surface area contributed by atoms with E-state index in [4.69, 9.17) is 6.42 Å². The topological polar surface area (TPSA) is 15.3 Å². The Hall–Kier alpha value is -1.11. The molecular formula is C13H16N2S. The molecule has 2 nitrogen and oxygen atoms in total. The molecule has 1 fully saturated rings. The minimum absolute atomic E-state index is 0.674. The number of hydrogen-bond acceptors (Lipinski definition) is 3. The molecule has 1 aliphatic rings. The van der Waals surface area contributed by atoms with Crippen molar-refractivity contribution in [2.24, 2.45) is 0 Å². The summed E-state index contributed by atoms with van der Waals surface area (Å²) in [6, 6.07) is 6.31. The Morgan fingerprint density at radius 1 is 1.31 bits per heavy atom. The summed E-state index contributed by atoms with van der Waals surface area (Å²) in [4.78, 5) is 3.36. The molecule has 0 saturated carbocycles. The molecule has 1 aromatic carbocycles. The maximum absolute atomic E-state index is 5.34. The van der Waals surface area contributed by atoms with Gasteiger partial charge in [0, 0.05) is 43.2 Å². The molecule has 0 aliphatic carbocycles. The molecular weight excluding hydrogens is 216 g/mol. The van der Waals surface area contributed by atoms with Crippen molar-refractivity contribution in [3.8, 4) is 12.3 Å². The van der Waals surface area contributed by atoms with Crippen LogP contribution in [0.4, 0.5) is 5.69 Å². The quantitative estimate of drug-likeness (QED) is 0.594. The lowest BCUT2D eigenvalue weighted by atomic mass is 10.1. The van der Waals surface area contributed by atoms with Crippen molar-refractivity contribution in [3.63, 3.8) is 0 Å². The lowest BCUT2D eigenvalue weighted by Gasteiger charge is -2.30. The maximum Gasteiger partial charge on any atom is 0.0381 e. The summed E-state index contributed by atoms with van der Waals surface area (Å²) in [5, 5.41) is 3.35. The second-order valence-electron chi connectivity index (χ2n) is 3.98. The molecule has 0 bridgehead atoms. The zero-order chi connectivity index (χ0) is 11.4. The molecule has 0 amide bonds. The molecule has 84 valence electrons. The van der Waals surface area contributed by atoms with E-state index >= 15 is 0 Å². The number of terminal acetylenes is 1. The van der Waals surface area contributed by atoms with Crippen LogP contribution in [0, 0.1) is 12.3 Å². The largest absolute Gasteiger partial charge is 0.369 e. The Morgan fingerprint density at radius 2 is 2.06 bits per heavy atom. The van der Waals surface area contributed by atoms with Crippen molar-refractivity contribution in [1.82, 2.24) is 5.32 Å². The number of anilines is 1. The second kappa shape index (κ2) is 5.29. The van der Waals surface area contributed by atoms with Gasteiger partial charge in [-0.1, -0.05) is 0 Å². The van der Waals surface area contributed by atoms with E-state index in [1.807, 2.05) is 6.07 Å². The van der Waals surface area contributed by atoms with Crippen LogP contribution in [0.1, 0.15) is 5.56 Å². The summed E-state index contributed by atoms with van der Waals surface area (Å²) in [6.45, 7) is 4.18. The molecule has 0 radical (unpaired) electrons. The molecule has 1 aromatic rings.